The maximum atomic E-state index is 11.7. The Bertz CT molecular complexity index is 384. The molecule has 5 heteroatoms. The third-order valence-corrected chi connectivity index (χ3v) is 2.34. The van der Waals surface area contributed by atoms with E-state index < -0.39 is 5.97 Å². The fraction of sp³-hybridized carbons (Fsp3) is 0.455. The summed E-state index contributed by atoms with van der Waals surface area (Å²) in [6.07, 6.45) is 2.49. The van der Waals surface area contributed by atoms with Gasteiger partial charge < -0.3 is 14.6 Å². The summed E-state index contributed by atoms with van der Waals surface area (Å²) in [6, 6.07) is 3.10. The summed E-state index contributed by atoms with van der Waals surface area (Å²) in [4.78, 5) is 24.1. The largest absolute Gasteiger partial charge is 0.477 e. The number of carbonyl (C=O) groups is 2. The molecule has 5 nitrogen and oxygen atoms in total. The van der Waals surface area contributed by atoms with Crippen molar-refractivity contribution in [2.75, 3.05) is 13.6 Å². The van der Waals surface area contributed by atoms with Gasteiger partial charge in [0.15, 0.2) is 0 Å². The summed E-state index contributed by atoms with van der Waals surface area (Å²) >= 11 is 0. The van der Waals surface area contributed by atoms with Crippen LogP contribution in [0.1, 0.15) is 23.8 Å². The highest BCUT2D eigenvalue weighted by Gasteiger charge is 2.13. The van der Waals surface area contributed by atoms with Gasteiger partial charge >= 0.3 is 5.97 Å². The predicted molar refractivity (Wildman–Crippen MR) is 59.3 cm³/mol. The number of carboxylic acids is 1. The van der Waals surface area contributed by atoms with E-state index >= 15 is 0 Å². The molecule has 0 saturated heterocycles. The SMILES string of the molecule is CCCN(C)C(=O)Cn1cccc1C(=O)O. The minimum Gasteiger partial charge on any atom is -0.477 e. The highest BCUT2D eigenvalue weighted by molar-refractivity contribution is 5.86. The molecule has 0 aromatic carbocycles. The average molecular weight is 224 g/mol. The van der Waals surface area contributed by atoms with E-state index in [4.69, 9.17) is 5.11 Å². The number of carboxylic acid groups (broad SMARTS) is 1. The number of nitrogens with zero attached hydrogens (tertiary/aromatic N) is 2. The number of amides is 1. The lowest BCUT2D eigenvalue weighted by atomic mass is 10.4. The Morgan fingerprint density at radius 3 is 2.75 bits per heavy atom. The van der Waals surface area contributed by atoms with E-state index in [0.717, 1.165) is 6.42 Å². The molecule has 1 N–H and O–H groups in total. The van der Waals surface area contributed by atoms with Crippen LogP contribution in [-0.2, 0) is 11.3 Å². The number of carbonyl (C=O) groups excluding carboxylic acids is 1. The Labute approximate surface area is 94.3 Å². The fourth-order valence-electron chi connectivity index (χ4n) is 1.47. The molecule has 1 aromatic heterocycles. The van der Waals surface area contributed by atoms with Crippen LogP contribution >= 0.6 is 0 Å². The van der Waals surface area contributed by atoms with Crippen LogP contribution in [0.4, 0.5) is 0 Å². The molecule has 0 spiro atoms. The maximum absolute atomic E-state index is 11.7. The van der Waals surface area contributed by atoms with Crippen molar-refractivity contribution in [2.24, 2.45) is 0 Å². The van der Waals surface area contributed by atoms with Crippen LogP contribution in [-0.4, -0.2) is 40.0 Å². The van der Waals surface area contributed by atoms with Crippen molar-refractivity contribution in [2.45, 2.75) is 19.9 Å². The van der Waals surface area contributed by atoms with Crippen LogP contribution in [0.2, 0.25) is 0 Å². The molecule has 1 amide bonds. The van der Waals surface area contributed by atoms with Crippen LogP contribution in [0.3, 0.4) is 0 Å². The Kier molecular flexibility index (Phi) is 4.10. The zero-order valence-electron chi connectivity index (χ0n) is 9.51. The average Bonchev–Trinajstić information content (AvgIpc) is 2.66. The molecule has 0 aliphatic heterocycles. The molecular weight excluding hydrogens is 208 g/mol. The predicted octanol–water partition coefficient (Wildman–Crippen LogP) is 1.05. The number of hydrogen-bond acceptors (Lipinski definition) is 2. The molecule has 0 atom stereocenters. The van der Waals surface area contributed by atoms with Crippen LogP contribution in [0.5, 0.6) is 0 Å². The van der Waals surface area contributed by atoms with E-state index in [1.807, 2.05) is 6.92 Å². The van der Waals surface area contributed by atoms with E-state index in [1.54, 1.807) is 24.2 Å². The molecule has 16 heavy (non-hydrogen) atoms. The summed E-state index contributed by atoms with van der Waals surface area (Å²) in [5, 5.41) is 8.86. The van der Waals surface area contributed by atoms with Gasteiger partial charge in [0.25, 0.3) is 0 Å². The molecule has 0 bridgehead atoms. The molecule has 0 radical (unpaired) electrons. The minimum atomic E-state index is -1.02. The molecule has 1 aromatic rings. The quantitative estimate of drug-likeness (QED) is 0.813. The van der Waals surface area contributed by atoms with E-state index in [9.17, 15) is 9.59 Å². The van der Waals surface area contributed by atoms with Gasteiger partial charge in [-0.25, -0.2) is 4.79 Å². The second-order valence-electron chi connectivity index (χ2n) is 3.64. The molecule has 88 valence electrons. The fourth-order valence-corrected chi connectivity index (χ4v) is 1.47. The second-order valence-corrected chi connectivity index (χ2v) is 3.64. The third kappa shape index (κ3) is 2.85. The van der Waals surface area contributed by atoms with Gasteiger partial charge in [-0.15, -0.1) is 0 Å². The van der Waals surface area contributed by atoms with Crippen molar-refractivity contribution in [3.63, 3.8) is 0 Å². The maximum Gasteiger partial charge on any atom is 0.352 e. The van der Waals surface area contributed by atoms with Gasteiger partial charge in [0, 0.05) is 19.8 Å². The van der Waals surface area contributed by atoms with Gasteiger partial charge in [-0.05, 0) is 18.6 Å². The standard InChI is InChI=1S/C11H16N2O3/c1-3-6-12(2)10(14)8-13-7-4-5-9(13)11(15)16/h4-5,7H,3,6,8H2,1-2H3,(H,15,16). The Morgan fingerprint density at radius 1 is 1.50 bits per heavy atom. The smallest absolute Gasteiger partial charge is 0.352 e. The molecule has 1 rings (SSSR count). The molecule has 0 aliphatic carbocycles. The Morgan fingerprint density at radius 2 is 2.19 bits per heavy atom. The van der Waals surface area contributed by atoms with Crippen molar-refractivity contribution < 1.29 is 14.7 Å². The van der Waals surface area contributed by atoms with Gasteiger partial charge in [0.1, 0.15) is 12.2 Å². The normalized spacial score (nSPS) is 10.1. The van der Waals surface area contributed by atoms with Crippen LogP contribution in [0.25, 0.3) is 0 Å². The summed E-state index contributed by atoms with van der Waals surface area (Å²) in [5.41, 5.74) is 0.137. The number of likely N-dealkylation sites (N-methyl/N-ethyl adjacent to an activating group) is 1. The summed E-state index contributed by atoms with van der Waals surface area (Å²) in [6.45, 7) is 2.75. The molecule has 1 heterocycles. The van der Waals surface area contributed by atoms with E-state index in [2.05, 4.69) is 0 Å². The molecule has 0 saturated carbocycles. The highest BCUT2D eigenvalue weighted by Crippen LogP contribution is 2.03. The van der Waals surface area contributed by atoms with E-state index in [0.29, 0.717) is 6.54 Å². The first kappa shape index (κ1) is 12.3. The summed E-state index contributed by atoms with van der Waals surface area (Å²) in [5.74, 6) is -1.10. The number of hydrogen-bond donors (Lipinski definition) is 1. The summed E-state index contributed by atoms with van der Waals surface area (Å²) < 4.78 is 1.44. The highest BCUT2D eigenvalue weighted by atomic mass is 16.4. The number of rotatable bonds is 5. The third-order valence-electron chi connectivity index (χ3n) is 2.34. The molecule has 0 fully saturated rings. The van der Waals surface area contributed by atoms with E-state index in [-0.39, 0.29) is 18.1 Å². The van der Waals surface area contributed by atoms with Gasteiger partial charge in [-0.3, -0.25) is 4.79 Å². The zero-order chi connectivity index (χ0) is 12.1. The van der Waals surface area contributed by atoms with Gasteiger partial charge in [0.2, 0.25) is 5.91 Å². The second kappa shape index (κ2) is 5.34. The zero-order valence-corrected chi connectivity index (χ0v) is 9.51. The van der Waals surface area contributed by atoms with Gasteiger partial charge in [-0.2, -0.15) is 0 Å². The first-order chi connectivity index (χ1) is 7.56. The monoisotopic (exact) mass is 224 g/mol. The molecular formula is C11H16N2O3. The molecule has 0 aliphatic rings. The van der Waals surface area contributed by atoms with Crippen molar-refractivity contribution in [3.8, 4) is 0 Å². The lowest BCUT2D eigenvalue weighted by Gasteiger charge is -2.16. The van der Waals surface area contributed by atoms with E-state index in [1.165, 1.54) is 10.6 Å². The Hall–Kier alpha value is -1.78. The summed E-state index contributed by atoms with van der Waals surface area (Å²) in [7, 11) is 1.72. The lowest BCUT2D eigenvalue weighted by molar-refractivity contribution is -0.130. The van der Waals surface area contributed by atoms with Gasteiger partial charge in [0.05, 0.1) is 0 Å². The number of aromatic carboxylic acids is 1. The van der Waals surface area contributed by atoms with Gasteiger partial charge in [-0.1, -0.05) is 6.92 Å². The minimum absolute atomic E-state index is 0.0745. The van der Waals surface area contributed by atoms with Crippen LogP contribution in [0.15, 0.2) is 18.3 Å². The van der Waals surface area contributed by atoms with Crippen LogP contribution < -0.4 is 0 Å². The first-order valence-corrected chi connectivity index (χ1v) is 5.18. The van der Waals surface area contributed by atoms with Crippen molar-refractivity contribution >= 4 is 11.9 Å². The van der Waals surface area contributed by atoms with Crippen molar-refractivity contribution in [1.82, 2.24) is 9.47 Å². The first-order valence-electron chi connectivity index (χ1n) is 5.18. The lowest BCUT2D eigenvalue weighted by Crippen LogP contribution is -2.31. The molecule has 0 unspecified atom stereocenters. The topological polar surface area (TPSA) is 62.5 Å². The Balaban J connectivity index is 2.69. The van der Waals surface area contributed by atoms with Crippen LogP contribution in [0, 0.1) is 0 Å². The van der Waals surface area contributed by atoms with Crippen molar-refractivity contribution in [1.29, 1.82) is 0 Å². The number of aromatic nitrogens is 1. The van der Waals surface area contributed by atoms with Crippen molar-refractivity contribution in [3.05, 3.63) is 24.0 Å².